The number of ether oxygens (including phenoxy) is 1. The van der Waals surface area contributed by atoms with Crippen molar-refractivity contribution in [2.75, 3.05) is 5.75 Å². The summed E-state index contributed by atoms with van der Waals surface area (Å²) in [7, 11) is -3.54. The van der Waals surface area contributed by atoms with Gasteiger partial charge in [0.15, 0.2) is 0 Å². The molecule has 1 aliphatic heterocycles. The Morgan fingerprint density at radius 1 is 1.41 bits per heavy atom. The van der Waals surface area contributed by atoms with E-state index >= 15 is 0 Å². The fourth-order valence-corrected chi connectivity index (χ4v) is 6.37. The van der Waals surface area contributed by atoms with Gasteiger partial charge < -0.3 is 4.74 Å². The number of rotatable bonds is 4. The van der Waals surface area contributed by atoms with E-state index in [9.17, 15) is 18.0 Å². The Balaban J connectivity index is 1.66. The van der Waals surface area contributed by atoms with Crippen LogP contribution in [0.4, 0.5) is 0 Å². The first-order valence-electron chi connectivity index (χ1n) is 7.08. The van der Waals surface area contributed by atoms with Gasteiger partial charge in [-0.1, -0.05) is 25.3 Å². The molecule has 2 aliphatic carbocycles. The van der Waals surface area contributed by atoms with E-state index in [1.54, 1.807) is 6.92 Å². The smallest absolute Gasteiger partial charge is 0.316 e. The third-order valence-electron chi connectivity index (χ3n) is 4.80. The molecule has 3 fully saturated rings. The number of hydrogen-bond acceptors (Lipinski definition) is 7. The molecule has 3 rings (SSSR count). The lowest BCUT2D eigenvalue weighted by molar-refractivity contribution is -0.157. The molecule has 2 saturated carbocycles. The van der Waals surface area contributed by atoms with Crippen LogP contribution in [0.3, 0.4) is 0 Å². The monoisotopic (exact) mass is 346 g/mol. The number of thioether (sulfide) groups is 1. The number of hydrogen-bond donors (Lipinski definition) is 0. The molecule has 0 N–H and O–H groups in total. The van der Waals surface area contributed by atoms with Crippen molar-refractivity contribution in [3.63, 3.8) is 0 Å². The molecule has 3 aliphatic rings. The van der Waals surface area contributed by atoms with Crippen LogP contribution < -0.4 is 0 Å². The normalized spacial score (nSPS) is 40.6. The van der Waals surface area contributed by atoms with E-state index in [0.29, 0.717) is 18.4 Å². The summed E-state index contributed by atoms with van der Waals surface area (Å²) in [4.78, 5) is 23.4. The summed E-state index contributed by atoms with van der Waals surface area (Å²) in [6, 6.07) is 0. The van der Waals surface area contributed by atoms with E-state index in [2.05, 4.69) is 6.58 Å². The van der Waals surface area contributed by atoms with Crippen molar-refractivity contribution in [1.82, 2.24) is 0 Å². The minimum atomic E-state index is -3.54. The second kappa shape index (κ2) is 5.07. The van der Waals surface area contributed by atoms with Crippen LogP contribution in [0.5, 0.6) is 0 Å². The first-order chi connectivity index (χ1) is 10.1. The van der Waals surface area contributed by atoms with Gasteiger partial charge in [-0.15, -0.1) is 0 Å². The van der Waals surface area contributed by atoms with Crippen molar-refractivity contribution in [3.8, 4) is 0 Å². The Morgan fingerprint density at radius 3 is 2.73 bits per heavy atom. The molecule has 8 heteroatoms. The first-order valence-corrected chi connectivity index (χ1v) is 9.54. The SMILES string of the molecule is C=C(C)C(=O)SCC(=O)OC1C2OS(=O)(=O)C3CC1(C)CC23. The number of carbonyl (C=O) groups excluding carboxylic acids is 2. The van der Waals surface area contributed by atoms with Crippen LogP contribution in [0.2, 0.25) is 0 Å². The minimum Gasteiger partial charge on any atom is -0.458 e. The molecule has 0 aromatic carbocycles. The molecule has 2 bridgehead atoms. The first kappa shape index (κ1) is 16.0. The van der Waals surface area contributed by atoms with Crippen molar-refractivity contribution >= 4 is 33.0 Å². The second-order valence-electron chi connectivity index (χ2n) is 6.59. The highest BCUT2D eigenvalue weighted by atomic mass is 32.2. The average molecular weight is 346 g/mol. The van der Waals surface area contributed by atoms with E-state index in [-0.39, 0.29) is 22.2 Å². The summed E-state index contributed by atoms with van der Waals surface area (Å²) in [5.41, 5.74) is 0.0140. The third-order valence-corrected chi connectivity index (χ3v) is 7.54. The molecule has 6 nitrogen and oxygen atoms in total. The lowest BCUT2D eigenvalue weighted by Gasteiger charge is -2.32. The molecule has 122 valence electrons. The lowest BCUT2D eigenvalue weighted by atomic mass is 9.82. The summed E-state index contributed by atoms with van der Waals surface area (Å²) in [5.74, 6) is -0.716. The van der Waals surface area contributed by atoms with Crippen molar-refractivity contribution in [1.29, 1.82) is 0 Å². The van der Waals surface area contributed by atoms with Crippen LogP contribution in [0.25, 0.3) is 0 Å². The molecule has 0 aromatic rings. The molecule has 0 radical (unpaired) electrons. The van der Waals surface area contributed by atoms with Crippen LogP contribution in [-0.2, 0) is 28.6 Å². The highest BCUT2D eigenvalue weighted by Gasteiger charge is 2.70. The standard InChI is InChI=1S/C14H18O6S2/c1-7(2)13(16)21-6-10(15)19-12-11-8-4-14(12,3)5-9(8)22(17,18)20-11/h8-9,11-12H,1,4-6H2,2-3H3. The highest BCUT2D eigenvalue weighted by Crippen LogP contribution is 2.62. The van der Waals surface area contributed by atoms with Gasteiger partial charge in [-0.2, -0.15) is 8.42 Å². The maximum Gasteiger partial charge on any atom is 0.316 e. The zero-order valence-corrected chi connectivity index (χ0v) is 14.0. The molecule has 22 heavy (non-hydrogen) atoms. The van der Waals surface area contributed by atoms with Crippen molar-refractivity contribution in [3.05, 3.63) is 12.2 Å². The van der Waals surface area contributed by atoms with E-state index < -0.39 is 33.5 Å². The predicted octanol–water partition coefficient (Wildman–Crippen LogP) is 1.26. The van der Waals surface area contributed by atoms with Crippen LogP contribution in [0, 0.1) is 11.3 Å². The van der Waals surface area contributed by atoms with Crippen LogP contribution in [-0.4, -0.2) is 42.7 Å². The Kier molecular flexibility index (Phi) is 3.69. The van der Waals surface area contributed by atoms with Crippen molar-refractivity contribution in [2.24, 2.45) is 11.3 Å². The Bertz CT molecular complexity index is 654. The van der Waals surface area contributed by atoms with Crippen molar-refractivity contribution in [2.45, 2.75) is 44.1 Å². The highest BCUT2D eigenvalue weighted by molar-refractivity contribution is 8.14. The molecule has 5 atom stereocenters. The van der Waals surface area contributed by atoms with Gasteiger partial charge in [0.1, 0.15) is 12.2 Å². The summed E-state index contributed by atoms with van der Waals surface area (Å²) in [5, 5.41) is -0.715. The van der Waals surface area contributed by atoms with Crippen LogP contribution in [0.15, 0.2) is 12.2 Å². The maximum absolute atomic E-state index is 12.0. The molecular weight excluding hydrogens is 328 g/mol. The summed E-state index contributed by atoms with van der Waals surface area (Å²) in [6.45, 7) is 7.03. The number of carbonyl (C=O) groups is 2. The minimum absolute atomic E-state index is 0.0856. The zero-order valence-electron chi connectivity index (χ0n) is 12.4. The fraction of sp³-hybridized carbons (Fsp3) is 0.714. The number of fused-ring (bicyclic) bond motifs is 1. The molecule has 0 aromatic heterocycles. The predicted molar refractivity (Wildman–Crippen MR) is 80.6 cm³/mol. The molecule has 1 saturated heterocycles. The van der Waals surface area contributed by atoms with Gasteiger partial charge in [0.2, 0.25) is 5.12 Å². The van der Waals surface area contributed by atoms with Gasteiger partial charge in [-0.05, 0) is 25.3 Å². The third kappa shape index (κ3) is 2.41. The summed E-state index contributed by atoms with van der Waals surface area (Å²) < 4.78 is 34.5. The quantitative estimate of drug-likeness (QED) is 0.430. The molecule has 0 spiro atoms. The molecule has 1 heterocycles. The van der Waals surface area contributed by atoms with Gasteiger partial charge in [0.25, 0.3) is 10.1 Å². The van der Waals surface area contributed by atoms with E-state index in [1.165, 1.54) is 0 Å². The Labute approximate surface area is 133 Å². The van der Waals surface area contributed by atoms with E-state index in [0.717, 1.165) is 11.8 Å². The molecule has 0 amide bonds. The van der Waals surface area contributed by atoms with Crippen LogP contribution in [0.1, 0.15) is 26.7 Å². The maximum atomic E-state index is 12.0. The van der Waals surface area contributed by atoms with Gasteiger partial charge in [0.05, 0.1) is 11.0 Å². The zero-order chi connectivity index (χ0) is 16.3. The van der Waals surface area contributed by atoms with E-state index in [4.69, 9.17) is 8.92 Å². The van der Waals surface area contributed by atoms with E-state index in [1.807, 2.05) is 6.92 Å². The van der Waals surface area contributed by atoms with Crippen LogP contribution >= 0.6 is 11.8 Å². The Morgan fingerprint density at radius 2 is 2.09 bits per heavy atom. The fourth-order valence-electron chi connectivity index (χ4n) is 3.84. The second-order valence-corrected chi connectivity index (χ2v) is 9.32. The van der Waals surface area contributed by atoms with Crippen molar-refractivity contribution < 1.29 is 26.9 Å². The Hall–Kier alpha value is -0.860. The average Bonchev–Trinajstić information content (AvgIpc) is 2.94. The van der Waals surface area contributed by atoms with Gasteiger partial charge in [0, 0.05) is 11.3 Å². The topological polar surface area (TPSA) is 86.7 Å². The molecular formula is C14H18O6S2. The summed E-state index contributed by atoms with van der Waals surface area (Å²) >= 11 is 0.842. The number of esters is 1. The van der Waals surface area contributed by atoms with Gasteiger partial charge >= 0.3 is 5.97 Å². The van der Waals surface area contributed by atoms with Gasteiger partial charge in [-0.25, -0.2) is 0 Å². The largest absolute Gasteiger partial charge is 0.458 e. The lowest BCUT2D eigenvalue weighted by Crippen LogP contribution is -2.42. The summed E-state index contributed by atoms with van der Waals surface area (Å²) in [6.07, 6.45) is 0.0301. The van der Waals surface area contributed by atoms with Gasteiger partial charge in [-0.3, -0.25) is 13.8 Å². The molecule has 5 unspecified atom stereocenters.